The molecule has 0 unspecified atom stereocenters. The van der Waals surface area contributed by atoms with E-state index in [-0.39, 0.29) is 5.91 Å². The fourth-order valence-electron chi connectivity index (χ4n) is 2.71. The van der Waals surface area contributed by atoms with Gasteiger partial charge in [0.15, 0.2) is 0 Å². The first kappa shape index (κ1) is 16.1. The first-order valence-corrected chi connectivity index (χ1v) is 8.01. The van der Waals surface area contributed by atoms with Crippen LogP contribution in [0.1, 0.15) is 22.6 Å². The number of carbonyl (C=O) groups excluding carboxylic acids is 1. The van der Waals surface area contributed by atoms with Crippen molar-refractivity contribution in [1.29, 1.82) is 0 Å². The lowest BCUT2D eigenvalue weighted by atomic mass is 10.2. The zero-order valence-corrected chi connectivity index (χ0v) is 14.0. The van der Waals surface area contributed by atoms with E-state index in [0.29, 0.717) is 12.1 Å². The molecule has 0 atom stereocenters. The lowest BCUT2D eigenvalue weighted by molar-refractivity contribution is 0.0953. The minimum atomic E-state index is -0.0670. The molecule has 0 saturated heterocycles. The Kier molecular flexibility index (Phi) is 4.79. The van der Waals surface area contributed by atoms with Gasteiger partial charge in [0.1, 0.15) is 11.6 Å². The number of para-hydroxylation sites is 2. The van der Waals surface area contributed by atoms with Crippen molar-refractivity contribution in [3.8, 4) is 5.75 Å². The quantitative estimate of drug-likeness (QED) is 0.710. The number of hydrogen-bond donors (Lipinski definition) is 1. The van der Waals surface area contributed by atoms with Crippen LogP contribution >= 0.6 is 0 Å². The molecular weight excluding hydrogens is 302 g/mol. The second kappa shape index (κ2) is 7.17. The summed E-state index contributed by atoms with van der Waals surface area (Å²) < 4.78 is 7.20. The van der Waals surface area contributed by atoms with Crippen molar-refractivity contribution in [3.63, 3.8) is 0 Å². The van der Waals surface area contributed by atoms with E-state index in [0.717, 1.165) is 35.4 Å². The zero-order valence-electron chi connectivity index (χ0n) is 14.0. The van der Waals surface area contributed by atoms with E-state index in [4.69, 9.17) is 4.74 Å². The molecule has 0 spiro atoms. The number of nitrogens with one attached hydrogen (secondary N) is 1. The Hall–Kier alpha value is -2.82. The van der Waals surface area contributed by atoms with E-state index in [1.54, 1.807) is 31.4 Å². The number of benzene rings is 2. The molecule has 0 bridgehead atoms. The second-order valence-electron chi connectivity index (χ2n) is 5.66. The number of nitrogens with zero attached hydrogens (tertiary/aromatic N) is 2. The summed E-state index contributed by atoms with van der Waals surface area (Å²) in [5.74, 6) is 1.71. The molecule has 0 aliphatic carbocycles. The summed E-state index contributed by atoms with van der Waals surface area (Å²) in [6, 6.07) is 15.2. The van der Waals surface area contributed by atoms with E-state index >= 15 is 0 Å². The molecule has 124 valence electrons. The van der Waals surface area contributed by atoms with Crippen LogP contribution in [0.3, 0.4) is 0 Å². The minimum Gasteiger partial charge on any atom is -0.497 e. The number of rotatable bonds is 6. The molecule has 1 N–H and O–H groups in total. The summed E-state index contributed by atoms with van der Waals surface area (Å²) in [5.41, 5.74) is 2.78. The standard InChI is InChI=1S/C19H21N3O2/c1-22-17-7-4-3-6-16(17)21-18(22)8-5-13-20-19(23)14-9-11-15(24-2)12-10-14/h3-4,6-7,9-12H,5,8,13H2,1-2H3,(H,20,23). The van der Waals surface area contributed by atoms with Gasteiger partial charge in [-0.1, -0.05) is 12.1 Å². The summed E-state index contributed by atoms with van der Waals surface area (Å²) in [6.07, 6.45) is 1.67. The summed E-state index contributed by atoms with van der Waals surface area (Å²) in [5, 5.41) is 2.94. The lowest BCUT2D eigenvalue weighted by Gasteiger charge is -2.06. The number of imidazole rings is 1. The van der Waals surface area contributed by atoms with Gasteiger partial charge in [0.2, 0.25) is 0 Å². The van der Waals surface area contributed by atoms with E-state index < -0.39 is 0 Å². The predicted octanol–water partition coefficient (Wildman–Crippen LogP) is 2.94. The van der Waals surface area contributed by atoms with Crippen molar-refractivity contribution in [2.45, 2.75) is 12.8 Å². The molecule has 5 heteroatoms. The number of ether oxygens (including phenoxy) is 1. The first-order chi connectivity index (χ1) is 11.7. The summed E-state index contributed by atoms with van der Waals surface area (Å²) in [4.78, 5) is 16.7. The van der Waals surface area contributed by atoms with Crippen molar-refractivity contribution < 1.29 is 9.53 Å². The van der Waals surface area contributed by atoms with Crippen LogP contribution in [0.2, 0.25) is 0 Å². The molecule has 1 heterocycles. The highest BCUT2D eigenvalue weighted by atomic mass is 16.5. The normalized spacial score (nSPS) is 10.8. The molecule has 5 nitrogen and oxygen atoms in total. The topological polar surface area (TPSA) is 56.1 Å². The number of carbonyl (C=O) groups is 1. The number of amides is 1. The maximum atomic E-state index is 12.1. The van der Waals surface area contributed by atoms with Gasteiger partial charge in [-0.05, 0) is 42.8 Å². The Balaban J connectivity index is 1.52. The molecule has 0 aliphatic rings. The molecule has 0 saturated carbocycles. The van der Waals surface area contributed by atoms with Crippen LogP contribution in [-0.4, -0.2) is 29.1 Å². The Labute approximate surface area is 141 Å². The summed E-state index contributed by atoms with van der Waals surface area (Å²) in [7, 11) is 3.64. The van der Waals surface area contributed by atoms with Crippen molar-refractivity contribution in [2.24, 2.45) is 7.05 Å². The van der Waals surface area contributed by atoms with Crippen LogP contribution < -0.4 is 10.1 Å². The van der Waals surface area contributed by atoms with Gasteiger partial charge in [-0.15, -0.1) is 0 Å². The third-order valence-corrected chi connectivity index (χ3v) is 4.09. The smallest absolute Gasteiger partial charge is 0.251 e. The van der Waals surface area contributed by atoms with Gasteiger partial charge in [0, 0.05) is 25.6 Å². The monoisotopic (exact) mass is 323 g/mol. The molecule has 0 radical (unpaired) electrons. The van der Waals surface area contributed by atoms with Crippen LogP contribution in [0, 0.1) is 0 Å². The van der Waals surface area contributed by atoms with E-state index in [1.165, 1.54) is 0 Å². The molecule has 24 heavy (non-hydrogen) atoms. The Bertz CT molecular complexity index is 837. The maximum Gasteiger partial charge on any atom is 0.251 e. The van der Waals surface area contributed by atoms with Crippen LogP contribution in [-0.2, 0) is 13.5 Å². The number of hydrogen-bond acceptors (Lipinski definition) is 3. The highest BCUT2D eigenvalue weighted by Gasteiger charge is 2.08. The average molecular weight is 323 g/mol. The van der Waals surface area contributed by atoms with E-state index in [2.05, 4.69) is 20.9 Å². The van der Waals surface area contributed by atoms with Crippen LogP contribution in [0.4, 0.5) is 0 Å². The Morgan fingerprint density at radius 2 is 1.92 bits per heavy atom. The van der Waals surface area contributed by atoms with Gasteiger partial charge < -0.3 is 14.6 Å². The SMILES string of the molecule is COc1ccc(C(=O)NCCCc2nc3ccccc3n2C)cc1. The minimum absolute atomic E-state index is 0.0670. The largest absolute Gasteiger partial charge is 0.497 e. The van der Waals surface area contributed by atoms with Gasteiger partial charge in [0.05, 0.1) is 18.1 Å². The van der Waals surface area contributed by atoms with Crippen molar-refractivity contribution >= 4 is 16.9 Å². The zero-order chi connectivity index (χ0) is 16.9. The molecule has 3 aromatic rings. The maximum absolute atomic E-state index is 12.1. The molecular formula is C19H21N3O2. The van der Waals surface area contributed by atoms with Gasteiger partial charge in [-0.3, -0.25) is 4.79 Å². The number of methoxy groups -OCH3 is 1. The molecule has 0 aliphatic heterocycles. The highest BCUT2D eigenvalue weighted by Crippen LogP contribution is 2.15. The molecule has 3 rings (SSSR count). The third kappa shape index (κ3) is 3.40. The summed E-state index contributed by atoms with van der Waals surface area (Å²) in [6.45, 7) is 0.619. The highest BCUT2D eigenvalue weighted by molar-refractivity contribution is 5.94. The fourth-order valence-corrected chi connectivity index (χ4v) is 2.71. The second-order valence-corrected chi connectivity index (χ2v) is 5.66. The van der Waals surface area contributed by atoms with Crippen LogP contribution in [0.25, 0.3) is 11.0 Å². The number of aryl methyl sites for hydroxylation is 2. The van der Waals surface area contributed by atoms with E-state index in [9.17, 15) is 4.79 Å². The summed E-state index contributed by atoms with van der Waals surface area (Å²) >= 11 is 0. The van der Waals surface area contributed by atoms with Gasteiger partial charge in [-0.2, -0.15) is 0 Å². The average Bonchev–Trinajstić information content (AvgIpc) is 2.95. The Morgan fingerprint density at radius 3 is 2.62 bits per heavy atom. The van der Waals surface area contributed by atoms with Crippen molar-refractivity contribution in [2.75, 3.05) is 13.7 Å². The first-order valence-electron chi connectivity index (χ1n) is 8.01. The lowest BCUT2D eigenvalue weighted by Crippen LogP contribution is -2.24. The molecule has 1 aromatic heterocycles. The van der Waals surface area contributed by atoms with Crippen LogP contribution in [0.5, 0.6) is 5.75 Å². The van der Waals surface area contributed by atoms with Gasteiger partial charge in [-0.25, -0.2) is 4.98 Å². The van der Waals surface area contributed by atoms with Crippen molar-refractivity contribution in [3.05, 3.63) is 59.9 Å². The van der Waals surface area contributed by atoms with Crippen molar-refractivity contribution in [1.82, 2.24) is 14.9 Å². The number of fused-ring (bicyclic) bond motifs is 1. The molecule has 2 aromatic carbocycles. The van der Waals surface area contributed by atoms with Gasteiger partial charge >= 0.3 is 0 Å². The molecule has 0 fully saturated rings. The van der Waals surface area contributed by atoms with Crippen LogP contribution in [0.15, 0.2) is 48.5 Å². The third-order valence-electron chi connectivity index (χ3n) is 4.09. The van der Waals surface area contributed by atoms with E-state index in [1.807, 2.05) is 25.2 Å². The molecule has 1 amide bonds. The Morgan fingerprint density at radius 1 is 1.17 bits per heavy atom. The van der Waals surface area contributed by atoms with Gasteiger partial charge in [0.25, 0.3) is 5.91 Å². The predicted molar refractivity (Wildman–Crippen MR) is 94.4 cm³/mol. The fraction of sp³-hybridized carbons (Fsp3) is 0.263. The number of aromatic nitrogens is 2.